The maximum atomic E-state index is 12.1. The van der Waals surface area contributed by atoms with Crippen molar-refractivity contribution in [3.63, 3.8) is 0 Å². The predicted octanol–water partition coefficient (Wildman–Crippen LogP) is 1.52. The number of nitrogens with one attached hydrogen (secondary N) is 1. The van der Waals surface area contributed by atoms with Crippen LogP contribution in [0.15, 0.2) is 12.4 Å². The average molecular weight is 247 g/mol. The molecule has 1 rings (SSSR count). The van der Waals surface area contributed by atoms with Crippen LogP contribution in [-0.2, 0) is 18.3 Å². The van der Waals surface area contributed by atoms with Crippen molar-refractivity contribution in [3.8, 4) is 12.3 Å². The van der Waals surface area contributed by atoms with E-state index in [1.165, 1.54) is 0 Å². The number of carbonyl (C=O) groups excluding carboxylic acids is 1. The van der Waals surface area contributed by atoms with Crippen molar-refractivity contribution in [2.75, 3.05) is 6.54 Å². The van der Waals surface area contributed by atoms with Crippen LogP contribution in [0.1, 0.15) is 32.5 Å². The highest BCUT2D eigenvalue weighted by atomic mass is 16.2. The Labute approximate surface area is 109 Å². The number of rotatable bonds is 6. The molecule has 1 unspecified atom stereocenters. The van der Waals surface area contributed by atoms with Gasteiger partial charge in [0.25, 0.3) is 0 Å². The Morgan fingerprint density at radius 1 is 1.67 bits per heavy atom. The molecule has 0 saturated carbocycles. The van der Waals surface area contributed by atoms with Gasteiger partial charge < -0.3 is 9.88 Å². The molecule has 0 aliphatic carbocycles. The minimum atomic E-state index is -0.462. The highest BCUT2D eigenvalue weighted by Crippen LogP contribution is 2.25. The third-order valence-electron chi connectivity index (χ3n) is 3.38. The number of aromatic nitrogens is 2. The lowest BCUT2D eigenvalue weighted by atomic mass is 9.83. The molecular formula is C14H21N3O. The summed E-state index contributed by atoms with van der Waals surface area (Å²) in [6.45, 7) is 4.47. The van der Waals surface area contributed by atoms with E-state index in [1.54, 1.807) is 6.20 Å². The number of imidazole rings is 1. The Hall–Kier alpha value is -1.76. The molecule has 18 heavy (non-hydrogen) atoms. The molecule has 0 fully saturated rings. The van der Waals surface area contributed by atoms with Gasteiger partial charge in [0.2, 0.25) is 5.91 Å². The number of hydrogen-bond acceptors (Lipinski definition) is 2. The standard InChI is InChI=1S/C14H21N3O/c1-5-8-14(3,6-2)13(18)16-9-7-12-15-10-11-17(12)4/h1,10-11H,6-9H2,2-4H3,(H,16,18). The van der Waals surface area contributed by atoms with E-state index >= 15 is 0 Å². The summed E-state index contributed by atoms with van der Waals surface area (Å²) in [4.78, 5) is 16.3. The van der Waals surface area contributed by atoms with Crippen molar-refractivity contribution < 1.29 is 4.79 Å². The van der Waals surface area contributed by atoms with Crippen molar-refractivity contribution in [2.45, 2.75) is 33.1 Å². The summed E-state index contributed by atoms with van der Waals surface area (Å²) in [5.74, 6) is 3.56. The summed E-state index contributed by atoms with van der Waals surface area (Å²) in [6.07, 6.45) is 10.9. The van der Waals surface area contributed by atoms with Gasteiger partial charge in [0.15, 0.2) is 0 Å². The normalized spacial score (nSPS) is 13.7. The molecule has 1 heterocycles. The summed E-state index contributed by atoms with van der Waals surface area (Å²) >= 11 is 0. The van der Waals surface area contributed by atoms with Crippen molar-refractivity contribution in [1.82, 2.24) is 14.9 Å². The second-order valence-corrected chi connectivity index (χ2v) is 4.76. The molecular weight excluding hydrogens is 226 g/mol. The van der Waals surface area contributed by atoms with Crippen LogP contribution < -0.4 is 5.32 Å². The first-order valence-corrected chi connectivity index (χ1v) is 6.21. The summed E-state index contributed by atoms with van der Waals surface area (Å²) in [6, 6.07) is 0. The highest BCUT2D eigenvalue weighted by molar-refractivity contribution is 5.82. The minimum Gasteiger partial charge on any atom is -0.355 e. The van der Waals surface area contributed by atoms with Crippen LogP contribution in [0.2, 0.25) is 0 Å². The van der Waals surface area contributed by atoms with Crippen LogP contribution in [0.5, 0.6) is 0 Å². The lowest BCUT2D eigenvalue weighted by Crippen LogP contribution is -2.39. The van der Waals surface area contributed by atoms with Crippen molar-refractivity contribution in [2.24, 2.45) is 12.5 Å². The molecule has 1 amide bonds. The molecule has 0 saturated heterocycles. The van der Waals surface area contributed by atoms with Gasteiger partial charge in [-0.2, -0.15) is 0 Å². The molecule has 1 atom stereocenters. The van der Waals surface area contributed by atoms with Crippen LogP contribution in [0.4, 0.5) is 0 Å². The molecule has 0 aliphatic heterocycles. The second kappa shape index (κ2) is 6.25. The fourth-order valence-electron chi connectivity index (χ4n) is 1.73. The zero-order valence-electron chi connectivity index (χ0n) is 11.4. The molecule has 4 nitrogen and oxygen atoms in total. The van der Waals surface area contributed by atoms with Gasteiger partial charge in [-0.25, -0.2) is 4.98 Å². The monoisotopic (exact) mass is 247 g/mol. The van der Waals surface area contributed by atoms with Gasteiger partial charge >= 0.3 is 0 Å². The first-order valence-electron chi connectivity index (χ1n) is 6.21. The Morgan fingerprint density at radius 2 is 2.39 bits per heavy atom. The SMILES string of the molecule is C#CCC(C)(CC)C(=O)NCCc1nccn1C. The molecule has 1 N–H and O–H groups in total. The first-order chi connectivity index (χ1) is 8.53. The molecule has 1 aromatic heterocycles. The molecule has 0 spiro atoms. The minimum absolute atomic E-state index is 0.0251. The van der Waals surface area contributed by atoms with E-state index in [9.17, 15) is 4.79 Å². The lowest BCUT2D eigenvalue weighted by Gasteiger charge is -2.24. The largest absolute Gasteiger partial charge is 0.355 e. The van der Waals surface area contributed by atoms with Crippen LogP contribution in [0.3, 0.4) is 0 Å². The van der Waals surface area contributed by atoms with Gasteiger partial charge in [-0.3, -0.25) is 4.79 Å². The number of hydrogen-bond donors (Lipinski definition) is 1. The molecule has 0 aromatic carbocycles. The van der Waals surface area contributed by atoms with Crippen LogP contribution >= 0.6 is 0 Å². The van der Waals surface area contributed by atoms with Gasteiger partial charge in [0, 0.05) is 38.8 Å². The summed E-state index contributed by atoms with van der Waals surface area (Å²) in [5, 5.41) is 2.94. The molecule has 1 aromatic rings. The average Bonchev–Trinajstić information content (AvgIpc) is 2.75. The van der Waals surface area contributed by atoms with E-state index in [4.69, 9.17) is 6.42 Å². The summed E-state index contributed by atoms with van der Waals surface area (Å²) in [7, 11) is 1.94. The Balaban J connectivity index is 2.46. The van der Waals surface area contributed by atoms with Gasteiger partial charge in [-0.05, 0) is 13.3 Å². The van der Waals surface area contributed by atoms with Crippen LogP contribution in [0, 0.1) is 17.8 Å². The van der Waals surface area contributed by atoms with Crippen molar-refractivity contribution in [1.29, 1.82) is 0 Å². The topological polar surface area (TPSA) is 46.9 Å². The molecule has 0 aliphatic rings. The van der Waals surface area contributed by atoms with Crippen LogP contribution in [0.25, 0.3) is 0 Å². The Kier molecular flexibility index (Phi) is 4.96. The number of terminal acetylenes is 1. The van der Waals surface area contributed by atoms with E-state index in [1.807, 2.05) is 31.7 Å². The second-order valence-electron chi connectivity index (χ2n) is 4.76. The third-order valence-corrected chi connectivity index (χ3v) is 3.38. The zero-order chi connectivity index (χ0) is 13.6. The van der Waals surface area contributed by atoms with E-state index in [2.05, 4.69) is 16.2 Å². The van der Waals surface area contributed by atoms with Crippen molar-refractivity contribution in [3.05, 3.63) is 18.2 Å². The van der Waals surface area contributed by atoms with E-state index in [-0.39, 0.29) is 5.91 Å². The summed E-state index contributed by atoms with van der Waals surface area (Å²) < 4.78 is 1.95. The maximum Gasteiger partial charge on any atom is 0.226 e. The zero-order valence-corrected chi connectivity index (χ0v) is 11.4. The van der Waals surface area contributed by atoms with E-state index in [0.29, 0.717) is 13.0 Å². The smallest absolute Gasteiger partial charge is 0.226 e. The number of aryl methyl sites for hydroxylation is 1. The van der Waals surface area contributed by atoms with Crippen LogP contribution in [-0.4, -0.2) is 22.0 Å². The third kappa shape index (κ3) is 3.36. The number of amides is 1. The fourth-order valence-corrected chi connectivity index (χ4v) is 1.73. The van der Waals surface area contributed by atoms with E-state index in [0.717, 1.165) is 18.7 Å². The molecule has 4 heteroatoms. The fraction of sp³-hybridized carbons (Fsp3) is 0.571. The number of nitrogens with zero attached hydrogens (tertiary/aromatic N) is 2. The van der Waals surface area contributed by atoms with Crippen molar-refractivity contribution >= 4 is 5.91 Å². The first kappa shape index (κ1) is 14.3. The quantitative estimate of drug-likeness (QED) is 0.775. The van der Waals surface area contributed by atoms with Gasteiger partial charge in [0.05, 0.1) is 5.41 Å². The molecule has 0 radical (unpaired) electrons. The Morgan fingerprint density at radius 3 is 2.89 bits per heavy atom. The Bertz CT molecular complexity index is 444. The van der Waals surface area contributed by atoms with Gasteiger partial charge in [-0.1, -0.05) is 6.92 Å². The van der Waals surface area contributed by atoms with Gasteiger partial charge in [0.1, 0.15) is 5.82 Å². The lowest BCUT2D eigenvalue weighted by molar-refractivity contribution is -0.130. The van der Waals surface area contributed by atoms with Gasteiger partial charge in [-0.15, -0.1) is 12.3 Å². The highest BCUT2D eigenvalue weighted by Gasteiger charge is 2.29. The molecule has 98 valence electrons. The predicted molar refractivity (Wildman–Crippen MR) is 71.8 cm³/mol. The van der Waals surface area contributed by atoms with E-state index < -0.39 is 5.41 Å². The summed E-state index contributed by atoms with van der Waals surface area (Å²) in [5.41, 5.74) is -0.462. The maximum absolute atomic E-state index is 12.1. The number of carbonyl (C=O) groups is 1. The molecule has 0 bridgehead atoms.